The summed E-state index contributed by atoms with van der Waals surface area (Å²) < 4.78 is 6.74. The smallest absolute Gasteiger partial charge is 0.340 e. The number of pyridine rings is 1. The summed E-state index contributed by atoms with van der Waals surface area (Å²) in [6.07, 6.45) is 1.69. The van der Waals surface area contributed by atoms with Crippen molar-refractivity contribution in [2.24, 2.45) is 0 Å². The van der Waals surface area contributed by atoms with Gasteiger partial charge in [-0.05, 0) is 42.8 Å². The van der Waals surface area contributed by atoms with E-state index in [0.29, 0.717) is 21.9 Å². The Labute approximate surface area is 160 Å². The summed E-state index contributed by atoms with van der Waals surface area (Å²) in [7, 11) is 0. The van der Waals surface area contributed by atoms with Gasteiger partial charge in [0.05, 0.1) is 16.8 Å². The third kappa shape index (κ3) is 4.01. The van der Waals surface area contributed by atoms with Crippen LogP contribution >= 0.6 is 11.6 Å². The van der Waals surface area contributed by atoms with Crippen molar-refractivity contribution in [3.8, 4) is 0 Å². The molecule has 0 spiro atoms. The number of rotatable bonds is 5. The van der Waals surface area contributed by atoms with Gasteiger partial charge in [0.2, 0.25) is 0 Å². The van der Waals surface area contributed by atoms with Crippen LogP contribution in [0.3, 0.4) is 0 Å². The fraction of sp³-hybridized carbons (Fsp3) is 0.150. The van der Waals surface area contributed by atoms with Crippen LogP contribution in [0, 0.1) is 6.92 Å². The van der Waals surface area contributed by atoms with E-state index in [2.05, 4.69) is 5.32 Å². The summed E-state index contributed by atoms with van der Waals surface area (Å²) in [6.45, 7) is 2.80. The zero-order valence-corrected chi connectivity index (χ0v) is 15.5. The Kier molecular flexibility index (Phi) is 5.28. The van der Waals surface area contributed by atoms with E-state index in [1.54, 1.807) is 47.0 Å². The Bertz CT molecular complexity index is 1060. The number of Topliss-reactive ketones (excluding diaryl/α,β-unsaturated/α-hetero) is 1. The lowest BCUT2D eigenvalue weighted by Gasteiger charge is -2.09. The van der Waals surface area contributed by atoms with E-state index in [0.717, 1.165) is 5.56 Å². The minimum Gasteiger partial charge on any atom is -0.452 e. The van der Waals surface area contributed by atoms with Crippen molar-refractivity contribution in [3.63, 3.8) is 0 Å². The van der Waals surface area contributed by atoms with Crippen molar-refractivity contribution in [2.75, 3.05) is 11.9 Å². The molecule has 3 aromatic rings. The van der Waals surface area contributed by atoms with Gasteiger partial charge in [0.25, 0.3) is 5.91 Å². The lowest BCUT2D eigenvalue weighted by atomic mass is 10.2. The number of fused-ring (bicyclic) bond motifs is 1. The highest BCUT2D eigenvalue weighted by molar-refractivity contribution is 6.31. The SMILES string of the molecule is CC(=O)c1cc(C(=O)OCC(=O)Nc2cc(Cl)ccc2C)c2ccccn12. The summed E-state index contributed by atoms with van der Waals surface area (Å²) >= 11 is 5.92. The van der Waals surface area contributed by atoms with Crippen LogP contribution in [-0.4, -0.2) is 28.7 Å². The van der Waals surface area contributed by atoms with E-state index in [1.165, 1.54) is 13.0 Å². The molecule has 1 N–H and O–H groups in total. The average molecular weight is 385 g/mol. The largest absolute Gasteiger partial charge is 0.452 e. The van der Waals surface area contributed by atoms with E-state index in [4.69, 9.17) is 16.3 Å². The number of carbonyl (C=O) groups excluding carboxylic acids is 3. The number of ether oxygens (including phenoxy) is 1. The molecule has 0 saturated carbocycles. The molecule has 0 unspecified atom stereocenters. The monoisotopic (exact) mass is 384 g/mol. The van der Waals surface area contributed by atoms with Gasteiger partial charge in [0, 0.05) is 23.8 Å². The standard InChI is InChI=1S/C20H17ClN2O4/c1-12-6-7-14(21)9-16(12)22-19(25)11-27-20(26)15-10-18(13(2)24)23-8-4-3-5-17(15)23/h3-10H,11H2,1-2H3,(H,22,25). The van der Waals surface area contributed by atoms with Gasteiger partial charge in [-0.3, -0.25) is 9.59 Å². The highest BCUT2D eigenvalue weighted by atomic mass is 35.5. The Morgan fingerprint density at radius 2 is 1.93 bits per heavy atom. The minimum absolute atomic E-state index is 0.176. The number of esters is 1. The van der Waals surface area contributed by atoms with Gasteiger partial charge >= 0.3 is 5.97 Å². The normalized spacial score (nSPS) is 10.6. The van der Waals surface area contributed by atoms with Crippen molar-refractivity contribution < 1.29 is 19.1 Å². The molecule has 2 heterocycles. The fourth-order valence-electron chi connectivity index (χ4n) is 2.71. The van der Waals surface area contributed by atoms with Crippen molar-refractivity contribution >= 4 is 40.5 Å². The number of amides is 1. The number of aryl methyl sites for hydroxylation is 1. The van der Waals surface area contributed by atoms with Crippen molar-refractivity contribution in [1.29, 1.82) is 0 Å². The second-order valence-electron chi connectivity index (χ2n) is 6.04. The maximum atomic E-state index is 12.4. The van der Waals surface area contributed by atoms with Crippen LogP contribution in [0.2, 0.25) is 5.02 Å². The molecule has 0 atom stereocenters. The first-order valence-corrected chi connectivity index (χ1v) is 8.59. The molecule has 27 heavy (non-hydrogen) atoms. The van der Waals surface area contributed by atoms with E-state index >= 15 is 0 Å². The summed E-state index contributed by atoms with van der Waals surface area (Å²) in [4.78, 5) is 36.3. The third-order valence-corrected chi connectivity index (χ3v) is 4.30. The van der Waals surface area contributed by atoms with Crippen molar-refractivity contribution in [1.82, 2.24) is 4.40 Å². The van der Waals surface area contributed by atoms with Crippen LogP contribution in [0.15, 0.2) is 48.7 Å². The lowest BCUT2D eigenvalue weighted by molar-refractivity contribution is -0.119. The molecule has 2 aromatic heterocycles. The summed E-state index contributed by atoms with van der Waals surface area (Å²) in [5.74, 6) is -1.34. The van der Waals surface area contributed by atoms with Gasteiger partial charge in [0.1, 0.15) is 0 Å². The van der Waals surface area contributed by atoms with Gasteiger partial charge in [-0.25, -0.2) is 4.79 Å². The number of anilines is 1. The fourth-order valence-corrected chi connectivity index (χ4v) is 2.88. The molecule has 1 amide bonds. The number of carbonyl (C=O) groups is 3. The number of nitrogens with one attached hydrogen (secondary N) is 1. The van der Waals surface area contributed by atoms with Crippen molar-refractivity contribution in [3.05, 3.63) is 70.5 Å². The molecular weight excluding hydrogens is 368 g/mol. The Morgan fingerprint density at radius 3 is 2.67 bits per heavy atom. The van der Waals surface area contributed by atoms with Crippen LogP contribution in [0.5, 0.6) is 0 Å². The number of halogens is 1. The van der Waals surface area contributed by atoms with Crippen molar-refractivity contribution in [2.45, 2.75) is 13.8 Å². The first kappa shape index (κ1) is 18.7. The number of ketones is 1. The van der Waals surface area contributed by atoms with Gasteiger partial charge in [-0.2, -0.15) is 0 Å². The van der Waals surface area contributed by atoms with E-state index in [-0.39, 0.29) is 11.3 Å². The van der Waals surface area contributed by atoms with Crippen LogP contribution in [0.4, 0.5) is 5.69 Å². The summed E-state index contributed by atoms with van der Waals surface area (Å²) in [6, 6.07) is 11.8. The highest BCUT2D eigenvalue weighted by Gasteiger charge is 2.19. The van der Waals surface area contributed by atoms with Gasteiger partial charge in [0.15, 0.2) is 12.4 Å². The van der Waals surface area contributed by atoms with Crippen LogP contribution < -0.4 is 5.32 Å². The quantitative estimate of drug-likeness (QED) is 0.534. The molecule has 0 aliphatic carbocycles. The van der Waals surface area contributed by atoms with Gasteiger partial charge in [-0.1, -0.05) is 23.7 Å². The number of benzene rings is 1. The first-order chi connectivity index (χ1) is 12.9. The average Bonchev–Trinajstić information content (AvgIpc) is 3.03. The molecule has 3 rings (SSSR count). The molecule has 0 fully saturated rings. The van der Waals surface area contributed by atoms with Crippen LogP contribution in [0.25, 0.3) is 5.52 Å². The molecule has 0 aliphatic heterocycles. The predicted molar refractivity (Wildman–Crippen MR) is 103 cm³/mol. The molecule has 0 radical (unpaired) electrons. The number of hydrogen-bond donors (Lipinski definition) is 1. The third-order valence-electron chi connectivity index (χ3n) is 4.07. The van der Waals surface area contributed by atoms with Gasteiger partial charge < -0.3 is 14.5 Å². The molecule has 6 nitrogen and oxygen atoms in total. The number of aromatic nitrogens is 1. The molecule has 1 aromatic carbocycles. The minimum atomic E-state index is -0.677. The predicted octanol–water partition coefficient (Wildman–Crippen LogP) is 3.90. The number of hydrogen-bond acceptors (Lipinski definition) is 4. The van der Waals surface area contributed by atoms with Crippen LogP contribution in [0.1, 0.15) is 33.3 Å². The lowest BCUT2D eigenvalue weighted by Crippen LogP contribution is -2.21. The Hall–Kier alpha value is -3.12. The maximum absolute atomic E-state index is 12.4. The van der Waals surface area contributed by atoms with Gasteiger partial charge in [-0.15, -0.1) is 0 Å². The Morgan fingerprint density at radius 1 is 1.15 bits per heavy atom. The topological polar surface area (TPSA) is 76.9 Å². The second-order valence-corrected chi connectivity index (χ2v) is 6.48. The van der Waals surface area contributed by atoms with Crippen LogP contribution in [-0.2, 0) is 9.53 Å². The number of nitrogens with zero attached hydrogens (tertiary/aromatic N) is 1. The maximum Gasteiger partial charge on any atom is 0.340 e. The molecule has 138 valence electrons. The molecule has 0 aliphatic rings. The first-order valence-electron chi connectivity index (χ1n) is 8.21. The molecular formula is C20H17ClN2O4. The molecule has 7 heteroatoms. The summed E-state index contributed by atoms with van der Waals surface area (Å²) in [5.41, 5.74) is 2.53. The summed E-state index contributed by atoms with van der Waals surface area (Å²) in [5, 5.41) is 3.15. The zero-order valence-electron chi connectivity index (χ0n) is 14.8. The van der Waals surface area contributed by atoms with E-state index in [9.17, 15) is 14.4 Å². The molecule has 0 saturated heterocycles. The second kappa shape index (κ2) is 7.63. The van der Waals surface area contributed by atoms with E-state index < -0.39 is 18.5 Å². The molecule has 0 bridgehead atoms. The highest BCUT2D eigenvalue weighted by Crippen LogP contribution is 2.21. The Balaban J connectivity index is 1.73. The zero-order chi connectivity index (χ0) is 19.6. The van der Waals surface area contributed by atoms with E-state index in [1.807, 2.05) is 6.92 Å².